The van der Waals surface area contributed by atoms with Crippen molar-refractivity contribution in [1.82, 2.24) is 9.80 Å². The topological polar surface area (TPSA) is 26.7 Å². The highest BCUT2D eigenvalue weighted by Gasteiger charge is 2.25. The molecule has 1 N–H and O–H groups in total. The van der Waals surface area contributed by atoms with E-state index in [9.17, 15) is 5.11 Å². The van der Waals surface area contributed by atoms with Gasteiger partial charge in [0.1, 0.15) is 0 Å². The zero-order valence-electron chi connectivity index (χ0n) is 12.3. The highest BCUT2D eigenvalue weighted by molar-refractivity contribution is 5.24. The van der Waals surface area contributed by atoms with Gasteiger partial charge in [-0.05, 0) is 44.6 Å². The lowest BCUT2D eigenvalue weighted by molar-refractivity contribution is 0.122. The first-order valence-electron chi connectivity index (χ1n) is 7.25. The smallest absolute Gasteiger partial charge is 0.0916 e. The Labute approximate surface area is 116 Å². The van der Waals surface area contributed by atoms with E-state index in [1.165, 1.54) is 12.0 Å². The summed E-state index contributed by atoms with van der Waals surface area (Å²) in [5, 5.41) is 10.3. The number of nitrogens with zero attached hydrogens (tertiary/aromatic N) is 2. The van der Waals surface area contributed by atoms with Gasteiger partial charge in [-0.15, -0.1) is 0 Å². The van der Waals surface area contributed by atoms with Crippen molar-refractivity contribution in [1.29, 1.82) is 0 Å². The van der Waals surface area contributed by atoms with Crippen molar-refractivity contribution in [3.05, 3.63) is 35.4 Å². The van der Waals surface area contributed by atoms with E-state index in [2.05, 4.69) is 55.1 Å². The fraction of sp³-hybridized carbons (Fsp3) is 0.625. The largest absolute Gasteiger partial charge is 0.387 e. The highest BCUT2D eigenvalue weighted by atomic mass is 16.3. The first-order valence-corrected chi connectivity index (χ1v) is 7.25. The number of aliphatic hydroxyl groups excluding tert-OH is 1. The number of hydrogen-bond donors (Lipinski definition) is 1. The van der Waals surface area contributed by atoms with Crippen LogP contribution >= 0.6 is 0 Å². The SMILES string of the molecule is CCc1ccc(C(O)CN2CCC(N(C)C)C2)cc1. The summed E-state index contributed by atoms with van der Waals surface area (Å²) >= 11 is 0. The minimum Gasteiger partial charge on any atom is -0.387 e. The van der Waals surface area contributed by atoms with E-state index in [4.69, 9.17) is 0 Å². The molecule has 1 aliphatic rings. The number of β-amino-alcohol motifs (C(OH)–C–C–N with tert-alkyl or cyclic N) is 1. The first kappa shape index (κ1) is 14.5. The minimum atomic E-state index is -0.369. The van der Waals surface area contributed by atoms with Crippen LogP contribution in [0.5, 0.6) is 0 Å². The molecule has 0 saturated carbocycles. The lowest BCUT2D eigenvalue weighted by atomic mass is 10.1. The summed E-state index contributed by atoms with van der Waals surface area (Å²) in [4.78, 5) is 4.64. The summed E-state index contributed by atoms with van der Waals surface area (Å²) in [6, 6.07) is 8.98. The Morgan fingerprint density at radius 1 is 1.32 bits per heavy atom. The van der Waals surface area contributed by atoms with Crippen LogP contribution in [-0.2, 0) is 6.42 Å². The van der Waals surface area contributed by atoms with E-state index in [0.29, 0.717) is 6.04 Å². The molecule has 2 atom stereocenters. The van der Waals surface area contributed by atoms with Crippen molar-refractivity contribution in [2.45, 2.75) is 31.9 Å². The van der Waals surface area contributed by atoms with Gasteiger partial charge in [0.05, 0.1) is 6.10 Å². The first-order chi connectivity index (χ1) is 9.10. The van der Waals surface area contributed by atoms with Crippen LogP contribution < -0.4 is 0 Å². The number of likely N-dealkylation sites (N-methyl/N-ethyl adjacent to an activating group) is 1. The molecule has 3 nitrogen and oxygen atoms in total. The average molecular weight is 262 g/mol. The molecule has 1 aromatic carbocycles. The predicted octanol–water partition coefficient (Wildman–Crippen LogP) is 1.92. The summed E-state index contributed by atoms with van der Waals surface area (Å²) in [5.41, 5.74) is 2.36. The number of aryl methyl sites for hydroxylation is 1. The fourth-order valence-corrected chi connectivity index (χ4v) is 2.73. The monoisotopic (exact) mass is 262 g/mol. The third-order valence-electron chi connectivity index (χ3n) is 4.18. The number of likely N-dealkylation sites (tertiary alicyclic amines) is 1. The van der Waals surface area contributed by atoms with Crippen LogP contribution in [-0.4, -0.2) is 54.7 Å². The lowest BCUT2D eigenvalue weighted by Gasteiger charge is -2.22. The Bertz CT molecular complexity index is 388. The van der Waals surface area contributed by atoms with E-state index in [-0.39, 0.29) is 6.10 Å². The van der Waals surface area contributed by atoms with Crippen LogP contribution in [0.4, 0.5) is 0 Å². The van der Waals surface area contributed by atoms with Crippen LogP contribution in [0.25, 0.3) is 0 Å². The van der Waals surface area contributed by atoms with Crippen LogP contribution in [0.2, 0.25) is 0 Å². The van der Waals surface area contributed by atoms with Gasteiger partial charge in [0, 0.05) is 19.1 Å². The maximum absolute atomic E-state index is 10.3. The average Bonchev–Trinajstić information content (AvgIpc) is 2.87. The van der Waals surface area contributed by atoms with Gasteiger partial charge in [-0.25, -0.2) is 0 Å². The maximum Gasteiger partial charge on any atom is 0.0916 e. The molecule has 0 aromatic heterocycles. The summed E-state index contributed by atoms with van der Waals surface area (Å²) in [7, 11) is 4.27. The summed E-state index contributed by atoms with van der Waals surface area (Å²) < 4.78 is 0. The molecule has 0 aliphatic carbocycles. The molecule has 0 bridgehead atoms. The highest BCUT2D eigenvalue weighted by Crippen LogP contribution is 2.19. The van der Waals surface area contributed by atoms with Gasteiger partial charge in [-0.1, -0.05) is 31.2 Å². The predicted molar refractivity (Wildman–Crippen MR) is 79.3 cm³/mol. The zero-order chi connectivity index (χ0) is 13.8. The van der Waals surface area contributed by atoms with Crippen LogP contribution in [0.3, 0.4) is 0 Å². The third-order valence-corrected chi connectivity index (χ3v) is 4.18. The van der Waals surface area contributed by atoms with Gasteiger partial charge in [0.2, 0.25) is 0 Å². The molecule has 19 heavy (non-hydrogen) atoms. The van der Waals surface area contributed by atoms with Crippen LogP contribution in [0.15, 0.2) is 24.3 Å². The number of hydrogen-bond acceptors (Lipinski definition) is 3. The summed E-state index contributed by atoms with van der Waals surface area (Å²) in [6.45, 7) is 5.05. The van der Waals surface area contributed by atoms with Crippen molar-refractivity contribution in [3.63, 3.8) is 0 Å². The molecule has 106 valence electrons. The van der Waals surface area contributed by atoms with Crippen molar-refractivity contribution in [2.75, 3.05) is 33.7 Å². The van der Waals surface area contributed by atoms with Gasteiger partial charge < -0.3 is 10.0 Å². The van der Waals surface area contributed by atoms with Crippen molar-refractivity contribution < 1.29 is 5.11 Å². The second-order valence-corrected chi connectivity index (χ2v) is 5.78. The van der Waals surface area contributed by atoms with Crippen LogP contribution in [0, 0.1) is 0 Å². The Hall–Kier alpha value is -0.900. The molecular formula is C16H26N2O. The van der Waals surface area contributed by atoms with Gasteiger partial charge in [0.25, 0.3) is 0 Å². The molecule has 2 unspecified atom stereocenters. The van der Waals surface area contributed by atoms with Gasteiger partial charge >= 0.3 is 0 Å². The Morgan fingerprint density at radius 2 is 2.00 bits per heavy atom. The fourth-order valence-electron chi connectivity index (χ4n) is 2.73. The normalized spacial score (nSPS) is 22.1. The number of rotatable bonds is 5. The van der Waals surface area contributed by atoms with E-state index >= 15 is 0 Å². The van der Waals surface area contributed by atoms with E-state index in [0.717, 1.165) is 31.6 Å². The van der Waals surface area contributed by atoms with Gasteiger partial charge in [0.15, 0.2) is 0 Å². The second kappa shape index (κ2) is 6.51. The molecule has 1 heterocycles. The lowest BCUT2D eigenvalue weighted by Crippen LogP contribution is -2.33. The molecule has 0 amide bonds. The maximum atomic E-state index is 10.3. The van der Waals surface area contributed by atoms with Crippen molar-refractivity contribution in [3.8, 4) is 0 Å². The third kappa shape index (κ3) is 3.78. The van der Waals surface area contributed by atoms with Gasteiger partial charge in [-0.2, -0.15) is 0 Å². The van der Waals surface area contributed by atoms with Gasteiger partial charge in [-0.3, -0.25) is 4.90 Å². The molecule has 3 heteroatoms. The molecule has 0 radical (unpaired) electrons. The van der Waals surface area contributed by atoms with Crippen LogP contribution in [0.1, 0.15) is 30.6 Å². The van der Waals surface area contributed by atoms with Crippen molar-refractivity contribution in [2.24, 2.45) is 0 Å². The number of benzene rings is 1. The second-order valence-electron chi connectivity index (χ2n) is 5.78. The molecule has 2 rings (SSSR count). The standard InChI is InChI=1S/C16H26N2O/c1-4-13-5-7-14(8-6-13)16(19)12-18-10-9-15(11-18)17(2)3/h5-8,15-16,19H,4,9-12H2,1-3H3. The molecule has 1 saturated heterocycles. The zero-order valence-corrected chi connectivity index (χ0v) is 12.3. The minimum absolute atomic E-state index is 0.369. The number of aliphatic hydroxyl groups is 1. The summed E-state index contributed by atoms with van der Waals surface area (Å²) in [6.07, 6.45) is 1.88. The molecule has 1 fully saturated rings. The molecular weight excluding hydrogens is 236 g/mol. The van der Waals surface area contributed by atoms with E-state index < -0.39 is 0 Å². The van der Waals surface area contributed by atoms with E-state index in [1.807, 2.05) is 0 Å². The molecule has 0 spiro atoms. The molecule has 1 aliphatic heterocycles. The Morgan fingerprint density at radius 3 is 2.53 bits per heavy atom. The summed E-state index contributed by atoms with van der Waals surface area (Å²) in [5.74, 6) is 0. The Kier molecular flexibility index (Phi) is 4.97. The quantitative estimate of drug-likeness (QED) is 0.878. The Balaban J connectivity index is 1.88. The molecule has 1 aromatic rings. The van der Waals surface area contributed by atoms with E-state index in [1.54, 1.807) is 0 Å². The van der Waals surface area contributed by atoms with Crippen molar-refractivity contribution >= 4 is 0 Å².